The van der Waals surface area contributed by atoms with E-state index in [-0.39, 0.29) is 0 Å². The highest BCUT2D eigenvalue weighted by Gasteiger charge is 2.19. The predicted octanol–water partition coefficient (Wildman–Crippen LogP) is 1.61. The molecule has 3 heteroatoms. The lowest BCUT2D eigenvalue weighted by Gasteiger charge is -2.21. The zero-order valence-electron chi connectivity index (χ0n) is 8.08. The standard InChI is InChI=1S/C10H14N2O/c1-7-3-4-8-6-11-12-10(13-2)9(8)5-7/h6-7H,3-5H2,1-2H3. The van der Waals surface area contributed by atoms with Gasteiger partial charge in [0.25, 0.3) is 0 Å². The summed E-state index contributed by atoms with van der Waals surface area (Å²) in [5, 5.41) is 7.89. The molecule has 0 saturated heterocycles. The van der Waals surface area contributed by atoms with Crippen LogP contribution in [0.5, 0.6) is 5.88 Å². The highest BCUT2D eigenvalue weighted by atomic mass is 16.5. The van der Waals surface area contributed by atoms with Gasteiger partial charge in [0.15, 0.2) is 0 Å². The van der Waals surface area contributed by atoms with Crippen molar-refractivity contribution in [2.75, 3.05) is 7.11 Å². The molecule has 70 valence electrons. The molecule has 1 aromatic rings. The van der Waals surface area contributed by atoms with Crippen molar-refractivity contribution in [3.63, 3.8) is 0 Å². The van der Waals surface area contributed by atoms with E-state index in [9.17, 15) is 0 Å². The van der Waals surface area contributed by atoms with Crippen molar-refractivity contribution < 1.29 is 4.74 Å². The van der Waals surface area contributed by atoms with Gasteiger partial charge in [-0.05, 0) is 30.7 Å². The third-order valence-electron chi connectivity index (χ3n) is 2.66. The summed E-state index contributed by atoms with van der Waals surface area (Å²) < 4.78 is 5.19. The minimum Gasteiger partial charge on any atom is -0.480 e. The van der Waals surface area contributed by atoms with Crippen molar-refractivity contribution in [2.45, 2.75) is 26.2 Å². The van der Waals surface area contributed by atoms with Gasteiger partial charge < -0.3 is 4.74 Å². The van der Waals surface area contributed by atoms with Gasteiger partial charge in [-0.25, -0.2) is 0 Å². The molecule has 1 aliphatic rings. The lowest BCUT2D eigenvalue weighted by molar-refractivity contribution is 0.374. The summed E-state index contributed by atoms with van der Waals surface area (Å²) in [6.45, 7) is 2.27. The summed E-state index contributed by atoms with van der Waals surface area (Å²) in [5.41, 5.74) is 2.57. The van der Waals surface area contributed by atoms with E-state index in [2.05, 4.69) is 17.1 Å². The van der Waals surface area contributed by atoms with Crippen LogP contribution >= 0.6 is 0 Å². The van der Waals surface area contributed by atoms with E-state index in [0.29, 0.717) is 5.88 Å². The van der Waals surface area contributed by atoms with Gasteiger partial charge in [-0.2, -0.15) is 5.10 Å². The maximum Gasteiger partial charge on any atom is 0.236 e. The van der Waals surface area contributed by atoms with Crippen LogP contribution in [-0.2, 0) is 12.8 Å². The van der Waals surface area contributed by atoms with E-state index in [4.69, 9.17) is 4.74 Å². The Kier molecular flexibility index (Phi) is 2.17. The largest absolute Gasteiger partial charge is 0.480 e. The van der Waals surface area contributed by atoms with Gasteiger partial charge in [0.1, 0.15) is 0 Å². The van der Waals surface area contributed by atoms with Crippen molar-refractivity contribution in [1.82, 2.24) is 10.2 Å². The van der Waals surface area contributed by atoms with Gasteiger partial charge in [-0.3, -0.25) is 0 Å². The first-order valence-corrected chi connectivity index (χ1v) is 4.68. The van der Waals surface area contributed by atoms with Gasteiger partial charge in [0.05, 0.1) is 13.3 Å². The monoisotopic (exact) mass is 178 g/mol. The van der Waals surface area contributed by atoms with Crippen molar-refractivity contribution in [3.05, 3.63) is 17.3 Å². The Morgan fingerprint density at radius 3 is 3.15 bits per heavy atom. The molecule has 13 heavy (non-hydrogen) atoms. The third kappa shape index (κ3) is 1.50. The molecule has 1 heterocycles. The molecule has 1 aromatic heterocycles. The Morgan fingerprint density at radius 2 is 2.38 bits per heavy atom. The molecule has 0 aliphatic heterocycles. The zero-order chi connectivity index (χ0) is 9.26. The summed E-state index contributed by atoms with van der Waals surface area (Å²) in [5.74, 6) is 1.45. The number of nitrogens with zero attached hydrogens (tertiary/aromatic N) is 2. The summed E-state index contributed by atoms with van der Waals surface area (Å²) >= 11 is 0. The number of aryl methyl sites for hydroxylation is 1. The molecule has 0 radical (unpaired) electrons. The molecule has 0 fully saturated rings. The summed E-state index contributed by atoms with van der Waals surface area (Å²) in [6.07, 6.45) is 5.31. The molecule has 1 aliphatic carbocycles. The van der Waals surface area contributed by atoms with E-state index in [0.717, 1.165) is 18.8 Å². The van der Waals surface area contributed by atoms with Crippen molar-refractivity contribution in [2.24, 2.45) is 5.92 Å². The van der Waals surface area contributed by atoms with Crippen molar-refractivity contribution in [3.8, 4) is 5.88 Å². The smallest absolute Gasteiger partial charge is 0.236 e. The lowest BCUT2D eigenvalue weighted by atomic mass is 9.86. The number of hydrogen-bond acceptors (Lipinski definition) is 3. The fourth-order valence-electron chi connectivity index (χ4n) is 1.88. The molecule has 0 saturated carbocycles. The molecule has 0 spiro atoms. The zero-order valence-corrected chi connectivity index (χ0v) is 8.08. The Hall–Kier alpha value is -1.12. The maximum absolute atomic E-state index is 5.19. The van der Waals surface area contributed by atoms with Crippen LogP contribution in [0.25, 0.3) is 0 Å². The van der Waals surface area contributed by atoms with Crippen molar-refractivity contribution in [1.29, 1.82) is 0 Å². The van der Waals surface area contributed by atoms with Gasteiger partial charge in [-0.1, -0.05) is 6.92 Å². The number of ether oxygens (including phenoxy) is 1. The third-order valence-corrected chi connectivity index (χ3v) is 2.66. The second kappa shape index (κ2) is 3.32. The fourth-order valence-corrected chi connectivity index (χ4v) is 1.88. The Labute approximate surface area is 78.1 Å². The normalized spacial score (nSPS) is 20.9. The Balaban J connectivity index is 2.41. The van der Waals surface area contributed by atoms with Crippen LogP contribution in [-0.4, -0.2) is 17.3 Å². The number of hydrogen-bond donors (Lipinski definition) is 0. The molecule has 0 aromatic carbocycles. The summed E-state index contributed by atoms with van der Waals surface area (Å²) in [7, 11) is 1.66. The first-order valence-electron chi connectivity index (χ1n) is 4.68. The molecular formula is C10H14N2O. The van der Waals surface area contributed by atoms with Crippen molar-refractivity contribution >= 4 is 0 Å². The van der Waals surface area contributed by atoms with E-state index >= 15 is 0 Å². The molecule has 3 nitrogen and oxygen atoms in total. The second-order valence-electron chi connectivity index (χ2n) is 3.71. The summed E-state index contributed by atoms with van der Waals surface area (Å²) in [6, 6.07) is 0. The van der Waals surface area contributed by atoms with Crippen LogP contribution in [0, 0.1) is 5.92 Å². The predicted molar refractivity (Wildman–Crippen MR) is 49.8 cm³/mol. The van der Waals surface area contributed by atoms with Crippen LogP contribution in [0.15, 0.2) is 6.20 Å². The Morgan fingerprint density at radius 1 is 1.54 bits per heavy atom. The molecular weight excluding hydrogens is 164 g/mol. The first-order chi connectivity index (χ1) is 6.31. The van der Waals surface area contributed by atoms with E-state index < -0.39 is 0 Å². The number of aromatic nitrogens is 2. The van der Waals surface area contributed by atoms with Gasteiger partial charge in [-0.15, -0.1) is 5.10 Å². The minimum absolute atomic E-state index is 0.712. The molecule has 1 unspecified atom stereocenters. The molecule has 2 rings (SSSR count). The highest BCUT2D eigenvalue weighted by molar-refractivity contribution is 5.34. The van der Waals surface area contributed by atoms with Crippen LogP contribution in [0.2, 0.25) is 0 Å². The number of fused-ring (bicyclic) bond motifs is 1. The van der Waals surface area contributed by atoms with Gasteiger partial charge in [0, 0.05) is 5.56 Å². The average Bonchev–Trinajstić information content (AvgIpc) is 2.17. The number of methoxy groups -OCH3 is 1. The van der Waals surface area contributed by atoms with Crippen LogP contribution in [0.4, 0.5) is 0 Å². The van der Waals surface area contributed by atoms with Gasteiger partial charge in [0.2, 0.25) is 5.88 Å². The molecule has 0 amide bonds. The fraction of sp³-hybridized carbons (Fsp3) is 0.600. The number of rotatable bonds is 1. The van der Waals surface area contributed by atoms with E-state index in [1.54, 1.807) is 7.11 Å². The average molecular weight is 178 g/mol. The maximum atomic E-state index is 5.19. The van der Waals surface area contributed by atoms with E-state index in [1.165, 1.54) is 17.5 Å². The van der Waals surface area contributed by atoms with E-state index in [1.807, 2.05) is 6.20 Å². The topological polar surface area (TPSA) is 35.0 Å². The Bertz CT molecular complexity index is 298. The second-order valence-corrected chi connectivity index (χ2v) is 3.71. The molecule has 0 N–H and O–H groups in total. The van der Waals surface area contributed by atoms with Crippen LogP contribution in [0.3, 0.4) is 0 Å². The highest BCUT2D eigenvalue weighted by Crippen LogP contribution is 2.29. The summed E-state index contributed by atoms with van der Waals surface area (Å²) in [4.78, 5) is 0. The minimum atomic E-state index is 0.712. The van der Waals surface area contributed by atoms with Gasteiger partial charge >= 0.3 is 0 Å². The SMILES string of the molecule is COc1nncc2c1CC(C)CC2. The first kappa shape index (κ1) is 8.48. The lowest BCUT2D eigenvalue weighted by Crippen LogP contribution is -2.13. The molecule has 1 atom stereocenters. The molecule has 0 bridgehead atoms. The van der Waals surface area contributed by atoms with Crippen LogP contribution in [0.1, 0.15) is 24.5 Å². The van der Waals surface area contributed by atoms with Crippen LogP contribution < -0.4 is 4.74 Å². The quantitative estimate of drug-likeness (QED) is 0.655.